The van der Waals surface area contributed by atoms with Crippen molar-refractivity contribution in [2.24, 2.45) is 0 Å². The minimum atomic E-state index is -0.188. The largest absolute Gasteiger partial charge is 0.497 e. The van der Waals surface area contributed by atoms with E-state index in [0.717, 1.165) is 37.4 Å². The lowest BCUT2D eigenvalue weighted by molar-refractivity contribution is -0.130. The van der Waals surface area contributed by atoms with Crippen molar-refractivity contribution >= 4 is 17.7 Å². The molecule has 1 amide bonds. The van der Waals surface area contributed by atoms with Crippen LogP contribution in [0.5, 0.6) is 5.75 Å². The lowest BCUT2D eigenvalue weighted by Crippen LogP contribution is -2.37. The van der Waals surface area contributed by atoms with Crippen LogP contribution >= 0.6 is 11.8 Å². The van der Waals surface area contributed by atoms with Gasteiger partial charge in [-0.05, 0) is 31.9 Å². The Labute approximate surface area is 152 Å². The van der Waals surface area contributed by atoms with Crippen LogP contribution in [-0.2, 0) is 4.79 Å². The quantitative estimate of drug-likeness (QED) is 0.767. The molecule has 0 bridgehead atoms. The summed E-state index contributed by atoms with van der Waals surface area (Å²) in [7, 11) is 1.64. The lowest BCUT2D eigenvalue weighted by Gasteiger charge is -2.23. The molecule has 134 valence electrons. The number of amides is 1. The van der Waals surface area contributed by atoms with Gasteiger partial charge >= 0.3 is 0 Å². The first-order valence-electron chi connectivity index (χ1n) is 8.69. The molecule has 1 fully saturated rings. The third kappa shape index (κ3) is 4.34. The van der Waals surface area contributed by atoms with Crippen molar-refractivity contribution < 1.29 is 9.53 Å². The maximum absolute atomic E-state index is 12.8. The number of aromatic nitrogens is 3. The van der Waals surface area contributed by atoms with Crippen molar-refractivity contribution in [3.8, 4) is 11.4 Å². The molecule has 1 aromatic carbocycles. The van der Waals surface area contributed by atoms with Crippen molar-refractivity contribution in [1.82, 2.24) is 19.7 Å². The highest BCUT2D eigenvalue weighted by Crippen LogP contribution is 2.27. The van der Waals surface area contributed by atoms with Crippen LogP contribution in [0.15, 0.2) is 35.7 Å². The van der Waals surface area contributed by atoms with Gasteiger partial charge in [0.2, 0.25) is 5.91 Å². The Morgan fingerprint density at radius 3 is 2.72 bits per heavy atom. The maximum atomic E-state index is 12.8. The van der Waals surface area contributed by atoms with Gasteiger partial charge in [0.25, 0.3) is 0 Å². The van der Waals surface area contributed by atoms with E-state index >= 15 is 0 Å². The molecule has 25 heavy (non-hydrogen) atoms. The number of thioether (sulfide) groups is 1. The number of benzene rings is 1. The summed E-state index contributed by atoms with van der Waals surface area (Å²) < 4.78 is 7.17. The Kier molecular flexibility index (Phi) is 5.96. The molecule has 2 aromatic rings. The highest BCUT2D eigenvalue weighted by molar-refractivity contribution is 8.00. The second-order valence-corrected chi connectivity index (χ2v) is 7.49. The first-order chi connectivity index (χ1) is 12.2. The molecule has 6 nitrogen and oxygen atoms in total. The highest BCUT2D eigenvalue weighted by Gasteiger charge is 2.24. The maximum Gasteiger partial charge on any atom is 0.235 e. The third-order valence-electron chi connectivity index (χ3n) is 4.40. The molecule has 1 saturated heterocycles. The molecule has 0 aliphatic carbocycles. The van der Waals surface area contributed by atoms with E-state index < -0.39 is 0 Å². The number of methoxy groups -OCH3 is 1. The van der Waals surface area contributed by atoms with Crippen LogP contribution < -0.4 is 4.74 Å². The summed E-state index contributed by atoms with van der Waals surface area (Å²) in [6, 6.07) is 7.71. The predicted molar refractivity (Wildman–Crippen MR) is 98.3 cm³/mol. The van der Waals surface area contributed by atoms with E-state index in [4.69, 9.17) is 4.74 Å². The molecule has 0 unspecified atom stereocenters. The number of likely N-dealkylation sites (tertiary alicyclic amines) is 1. The van der Waals surface area contributed by atoms with Crippen LogP contribution in [0.2, 0.25) is 0 Å². The standard InChI is InChI=1S/C18H24N4O2S/c1-14(17(23)21-10-5-3-4-6-11-21)25-18-20-19-13-22(18)15-8-7-9-16(12-15)24-2/h7-9,12-14H,3-6,10-11H2,1-2H3/t14-/m1/s1. The van der Waals surface area contributed by atoms with E-state index in [1.165, 1.54) is 24.6 Å². The summed E-state index contributed by atoms with van der Waals surface area (Å²) in [4.78, 5) is 14.7. The summed E-state index contributed by atoms with van der Waals surface area (Å²) >= 11 is 1.45. The van der Waals surface area contributed by atoms with Gasteiger partial charge in [0.15, 0.2) is 5.16 Å². The first-order valence-corrected chi connectivity index (χ1v) is 9.57. The van der Waals surface area contributed by atoms with Crippen molar-refractivity contribution in [2.45, 2.75) is 43.0 Å². The molecule has 1 aromatic heterocycles. The number of hydrogen-bond donors (Lipinski definition) is 0. The predicted octanol–water partition coefficient (Wildman–Crippen LogP) is 3.16. The molecule has 0 saturated carbocycles. The molecule has 0 spiro atoms. The Hall–Kier alpha value is -2.02. The first kappa shape index (κ1) is 17.8. The number of ether oxygens (including phenoxy) is 1. The van der Waals surface area contributed by atoms with Gasteiger partial charge in [-0.3, -0.25) is 9.36 Å². The van der Waals surface area contributed by atoms with Gasteiger partial charge < -0.3 is 9.64 Å². The van der Waals surface area contributed by atoms with E-state index in [2.05, 4.69) is 10.2 Å². The molecule has 0 N–H and O–H groups in total. The van der Waals surface area contributed by atoms with Crippen molar-refractivity contribution in [3.63, 3.8) is 0 Å². The SMILES string of the molecule is COc1cccc(-n2cnnc2S[C@H](C)C(=O)N2CCCCCC2)c1. The van der Waals surface area contributed by atoms with E-state index in [-0.39, 0.29) is 11.2 Å². The zero-order chi connectivity index (χ0) is 17.6. The molecule has 3 rings (SSSR count). The minimum absolute atomic E-state index is 0.187. The number of hydrogen-bond acceptors (Lipinski definition) is 5. The number of carbonyl (C=O) groups excluding carboxylic acids is 1. The van der Waals surface area contributed by atoms with Gasteiger partial charge in [0.1, 0.15) is 12.1 Å². The molecular formula is C18H24N4O2S. The normalized spacial score (nSPS) is 16.3. The van der Waals surface area contributed by atoms with Crippen LogP contribution in [0, 0.1) is 0 Å². The van der Waals surface area contributed by atoms with Crippen molar-refractivity contribution in [1.29, 1.82) is 0 Å². The fourth-order valence-corrected chi connectivity index (χ4v) is 3.93. The number of nitrogens with zero attached hydrogens (tertiary/aromatic N) is 4. The zero-order valence-electron chi connectivity index (χ0n) is 14.7. The second kappa shape index (κ2) is 8.38. The minimum Gasteiger partial charge on any atom is -0.497 e. The Morgan fingerprint density at radius 1 is 1.24 bits per heavy atom. The smallest absolute Gasteiger partial charge is 0.235 e. The van der Waals surface area contributed by atoms with E-state index in [1.54, 1.807) is 13.4 Å². The van der Waals surface area contributed by atoms with Crippen LogP contribution in [0.25, 0.3) is 5.69 Å². The summed E-state index contributed by atoms with van der Waals surface area (Å²) in [5, 5.41) is 8.74. The topological polar surface area (TPSA) is 60.2 Å². The zero-order valence-corrected chi connectivity index (χ0v) is 15.5. The van der Waals surface area contributed by atoms with Gasteiger partial charge in [0.05, 0.1) is 18.0 Å². The van der Waals surface area contributed by atoms with E-state index in [0.29, 0.717) is 5.16 Å². The average Bonchev–Trinajstić information content (AvgIpc) is 2.92. The molecule has 2 heterocycles. The Morgan fingerprint density at radius 2 is 2.00 bits per heavy atom. The number of carbonyl (C=O) groups is 1. The second-order valence-electron chi connectivity index (χ2n) is 6.18. The number of rotatable bonds is 5. The molecule has 7 heteroatoms. The van der Waals surface area contributed by atoms with Gasteiger partial charge in [0, 0.05) is 19.2 Å². The molecule has 1 aliphatic heterocycles. The summed E-state index contributed by atoms with van der Waals surface area (Å²) in [5.74, 6) is 0.961. The third-order valence-corrected chi connectivity index (χ3v) is 5.44. The van der Waals surface area contributed by atoms with Gasteiger partial charge in [-0.2, -0.15) is 0 Å². The Balaban J connectivity index is 1.72. The monoisotopic (exact) mass is 360 g/mol. The van der Waals surface area contributed by atoms with Gasteiger partial charge in [-0.15, -0.1) is 10.2 Å². The van der Waals surface area contributed by atoms with Crippen LogP contribution in [0.3, 0.4) is 0 Å². The fraction of sp³-hybridized carbons (Fsp3) is 0.500. The molecule has 1 atom stereocenters. The molecule has 1 aliphatic rings. The van der Waals surface area contributed by atoms with Crippen molar-refractivity contribution in [2.75, 3.05) is 20.2 Å². The van der Waals surface area contributed by atoms with E-state index in [1.807, 2.05) is 40.7 Å². The van der Waals surface area contributed by atoms with Crippen LogP contribution in [-0.4, -0.2) is 51.0 Å². The van der Waals surface area contributed by atoms with Gasteiger partial charge in [-0.1, -0.05) is 30.7 Å². The average molecular weight is 360 g/mol. The molecule has 0 radical (unpaired) electrons. The van der Waals surface area contributed by atoms with E-state index in [9.17, 15) is 4.79 Å². The van der Waals surface area contributed by atoms with Crippen LogP contribution in [0.4, 0.5) is 0 Å². The fourth-order valence-electron chi connectivity index (χ4n) is 3.00. The summed E-state index contributed by atoms with van der Waals surface area (Å²) in [6.07, 6.45) is 6.30. The Bertz CT molecular complexity index is 711. The highest BCUT2D eigenvalue weighted by atomic mass is 32.2. The summed E-state index contributed by atoms with van der Waals surface area (Å²) in [6.45, 7) is 3.68. The van der Waals surface area contributed by atoms with Crippen LogP contribution in [0.1, 0.15) is 32.6 Å². The van der Waals surface area contributed by atoms with Gasteiger partial charge in [-0.25, -0.2) is 0 Å². The molecular weight excluding hydrogens is 336 g/mol. The lowest BCUT2D eigenvalue weighted by atomic mass is 10.2. The summed E-state index contributed by atoms with van der Waals surface area (Å²) in [5.41, 5.74) is 0.918. The van der Waals surface area contributed by atoms with Crippen molar-refractivity contribution in [3.05, 3.63) is 30.6 Å².